The van der Waals surface area contributed by atoms with E-state index in [1.165, 1.54) is 11.8 Å². The van der Waals surface area contributed by atoms with Gasteiger partial charge in [-0.1, -0.05) is 49.4 Å². The number of nitrogens with zero attached hydrogens (tertiary/aromatic N) is 3. The van der Waals surface area contributed by atoms with E-state index in [4.69, 9.17) is 0 Å². The van der Waals surface area contributed by atoms with Crippen LogP contribution in [0.15, 0.2) is 42.6 Å². The number of hydrogen-bond acceptors (Lipinski definition) is 2. The zero-order valence-corrected chi connectivity index (χ0v) is 13.1. The fraction of sp³-hybridized carbons (Fsp3) is 0.250. The molecule has 0 aliphatic rings. The molecule has 0 unspecified atom stereocenters. The van der Waals surface area contributed by atoms with Gasteiger partial charge in [0.25, 0.3) is 0 Å². The van der Waals surface area contributed by atoms with Crippen molar-refractivity contribution in [2.75, 3.05) is 0 Å². The van der Waals surface area contributed by atoms with E-state index in [0.717, 1.165) is 35.3 Å². The Hall–Kier alpha value is -1.54. The Labute approximate surface area is 131 Å². The van der Waals surface area contributed by atoms with Crippen molar-refractivity contribution in [1.82, 2.24) is 15.2 Å². The van der Waals surface area contributed by atoms with Gasteiger partial charge >= 0.3 is 19.5 Å². The molecule has 3 aromatic rings. The van der Waals surface area contributed by atoms with Gasteiger partial charge in [0.2, 0.25) is 0 Å². The topological polar surface area (TPSA) is 39.9 Å². The molecule has 3 nitrogen and oxygen atoms in total. The number of aromatic nitrogens is 3. The first-order valence-corrected chi connectivity index (χ1v) is 6.72. The first-order valence-electron chi connectivity index (χ1n) is 6.72. The van der Waals surface area contributed by atoms with Crippen molar-refractivity contribution in [3.8, 4) is 11.4 Å². The second-order valence-electron chi connectivity index (χ2n) is 4.71. The minimum Gasteiger partial charge on any atom is -0.573 e. The minimum absolute atomic E-state index is 0. The van der Waals surface area contributed by atoms with E-state index >= 15 is 0 Å². The second-order valence-corrected chi connectivity index (χ2v) is 4.71. The predicted molar refractivity (Wildman–Crippen MR) is 76.9 cm³/mol. The summed E-state index contributed by atoms with van der Waals surface area (Å²) < 4.78 is 0. The molecule has 0 fully saturated rings. The largest absolute Gasteiger partial charge is 1.00 e. The molecule has 0 bridgehead atoms. The van der Waals surface area contributed by atoms with E-state index < -0.39 is 0 Å². The van der Waals surface area contributed by atoms with Crippen LogP contribution in [-0.2, 0) is 25.9 Å². The van der Waals surface area contributed by atoms with Gasteiger partial charge in [-0.05, 0) is 24.3 Å². The van der Waals surface area contributed by atoms with Gasteiger partial charge in [-0.15, -0.1) is 0 Å². The molecule has 0 saturated carbocycles. The molecule has 3 rings (SSSR count). The van der Waals surface area contributed by atoms with Gasteiger partial charge in [0.05, 0.1) is 5.69 Å². The molecule has 0 saturated heterocycles. The average molecular weight is 351 g/mol. The fourth-order valence-electron chi connectivity index (χ4n) is 2.25. The summed E-state index contributed by atoms with van der Waals surface area (Å²) in [4.78, 5) is 4.47. The molecule has 0 amide bonds. The number of benzene rings is 1. The van der Waals surface area contributed by atoms with Crippen LogP contribution in [0.5, 0.6) is 0 Å². The third kappa shape index (κ3) is 2.96. The summed E-state index contributed by atoms with van der Waals surface area (Å²) >= 11 is 0. The molecule has 0 aliphatic carbocycles. The monoisotopic (exact) mass is 352 g/mol. The summed E-state index contributed by atoms with van der Waals surface area (Å²) in [7, 11) is 0. The smallest absolute Gasteiger partial charge is 0.573 e. The molecule has 2 aromatic heterocycles. The maximum atomic E-state index is 4.47. The van der Waals surface area contributed by atoms with Gasteiger partial charge in [0, 0.05) is 17.3 Å². The van der Waals surface area contributed by atoms with Crippen LogP contribution in [0.4, 0.5) is 0 Å². The van der Waals surface area contributed by atoms with Crippen LogP contribution in [0.1, 0.15) is 25.5 Å². The van der Waals surface area contributed by atoms with Gasteiger partial charge in [-0.3, -0.25) is 4.98 Å². The van der Waals surface area contributed by atoms with Gasteiger partial charge in [-0.25, -0.2) is 0 Å². The van der Waals surface area contributed by atoms with E-state index in [1.54, 1.807) is 0 Å². The molecule has 1 aromatic carbocycles. The summed E-state index contributed by atoms with van der Waals surface area (Å²) in [6, 6.07) is 12.3. The summed E-state index contributed by atoms with van der Waals surface area (Å²) in [6.07, 6.45) is 5.15. The Balaban J connectivity index is 0.00000147. The first kappa shape index (κ1) is 14.9. The third-order valence-electron chi connectivity index (χ3n) is 3.29. The van der Waals surface area contributed by atoms with Crippen molar-refractivity contribution in [3.05, 3.63) is 48.3 Å². The number of rotatable bonds is 4. The Morgan fingerprint density at radius 2 is 2.00 bits per heavy atom. The molecular weight excluding hydrogens is 335 g/mol. The van der Waals surface area contributed by atoms with Crippen LogP contribution in [0.3, 0.4) is 0 Å². The van der Waals surface area contributed by atoms with Gasteiger partial charge in [-0.2, -0.15) is 0 Å². The van der Waals surface area contributed by atoms with E-state index in [-0.39, 0.29) is 19.5 Å². The van der Waals surface area contributed by atoms with Crippen LogP contribution in [0.25, 0.3) is 22.2 Å². The third-order valence-corrected chi connectivity index (χ3v) is 3.29. The second kappa shape index (κ2) is 6.76. The predicted octanol–water partition coefficient (Wildman–Crippen LogP) is 3.59. The van der Waals surface area contributed by atoms with E-state index in [2.05, 4.69) is 40.3 Å². The van der Waals surface area contributed by atoms with Crippen molar-refractivity contribution >= 4 is 10.8 Å². The standard InChI is InChI=1S/C16H16N3.Ru/c1-2-3-7-13-11-15(19-18-13)16-14-8-5-4-6-12(14)9-10-17-16;/h4-6,8-11H,2-3,7H2,1H3;/q-1;+1. The maximum Gasteiger partial charge on any atom is 1.00 e. The summed E-state index contributed by atoms with van der Waals surface area (Å²) in [6.45, 7) is 2.18. The number of unbranched alkanes of at least 4 members (excludes halogenated alkanes) is 1. The Bertz CT molecular complexity index is 686. The summed E-state index contributed by atoms with van der Waals surface area (Å²) in [5.41, 5.74) is 2.86. The van der Waals surface area contributed by atoms with Gasteiger partial charge in [0.15, 0.2) is 0 Å². The SMILES string of the molecule is CCCCc1cc(-c2nccc3ccccc23)[n-]n1.[Ru+]. The zero-order valence-electron chi connectivity index (χ0n) is 11.4. The van der Waals surface area contributed by atoms with Crippen molar-refractivity contribution in [3.63, 3.8) is 0 Å². The van der Waals surface area contributed by atoms with E-state index in [1.807, 2.05) is 24.4 Å². The number of fused-ring (bicyclic) bond motifs is 1. The molecule has 4 heteroatoms. The molecule has 2 heterocycles. The van der Waals surface area contributed by atoms with E-state index in [9.17, 15) is 0 Å². The number of aryl methyl sites for hydroxylation is 1. The Morgan fingerprint density at radius 3 is 2.85 bits per heavy atom. The molecule has 0 atom stereocenters. The molecule has 0 aliphatic heterocycles. The van der Waals surface area contributed by atoms with Crippen molar-refractivity contribution in [2.24, 2.45) is 0 Å². The van der Waals surface area contributed by atoms with Crippen molar-refractivity contribution in [1.29, 1.82) is 0 Å². The van der Waals surface area contributed by atoms with Crippen LogP contribution in [0, 0.1) is 0 Å². The van der Waals surface area contributed by atoms with Crippen LogP contribution in [-0.4, -0.2) is 10.1 Å². The minimum atomic E-state index is 0. The Morgan fingerprint density at radius 1 is 1.15 bits per heavy atom. The average Bonchev–Trinajstić information content (AvgIpc) is 2.93. The van der Waals surface area contributed by atoms with Crippen molar-refractivity contribution < 1.29 is 19.5 Å². The molecule has 0 N–H and O–H groups in total. The summed E-state index contributed by atoms with van der Waals surface area (Å²) in [5.74, 6) is 0. The zero-order chi connectivity index (χ0) is 13.1. The van der Waals surface area contributed by atoms with E-state index in [0.29, 0.717) is 0 Å². The molecule has 0 spiro atoms. The maximum absolute atomic E-state index is 4.47. The van der Waals surface area contributed by atoms with Crippen LogP contribution >= 0.6 is 0 Å². The number of hydrogen-bond donors (Lipinski definition) is 0. The number of pyridine rings is 1. The first-order chi connectivity index (χ1) is 9.38. The van der Waals surface area contributed by atoms with Crippen LogP contribution < -0.4 is 5.10 Å². The molecule has 20 heavy (non-hydrogen) atoms. The molecule has 1 radical (unpaired) electrons. The van der Waals surface area contributed by atoms with Crippen LogP contribution in [0.2, 0.25) is 0 Å². The summed E-state index contributed by atoms with van der Waals surface area (Å²) in [5, 5.41) is 10.8. The fourth-order valence-corrected chi connectivity index (χ4v) is 2.25. The van der Waals surface area contributed by atoms with Gasteiger partial charge in [0.1, 0.15) is 0 Å². The van der Waals surface area contributed by atoms with Crippen molar-refractivity contribution in [2.45, 2.75) is 26.2 Å². The Kier molecular flexibility index (Phi) is 5.02. The molecule has 103 valence electrons. The normalized spacial score (nSPS) is 10.4. The van der Waals surface area contributed by atoms with Gasteiger partial charge < -0.3 is 10.2 Å². The molecular formula is C16H16N3Ru. The quantitative estimate of drug-likeness (QED) is 0.675.